The zero-order valence-electron chi connectivity index (χ0n) is 12.2. The minimum absolute atomic E-state index is 0.170. The molecule has 0 amide bonds. The monoisotopic (exact) mass is 270 g/mol. The highest BCUT2D eigenvalue weighted by molar-refractivity contribution is 5.16. The minimum atomic E-state index is 0.170. The summed E-state index contributed by atoms with van der Waals surface area (Å²) in [5, 5.41) is 3.52. The molecular weight excluding hydrogens is 248 g/mol. The van der Waals surface area contributed by atoms with Crippen molar-refractivity contribution in [1.29, 1.82) is 0 Å². The van der Waals surface area contributed by atoms with Gasteiger partial charge >= 0.3 is 0 Å². The lowest BCUT2D eigenvalue weighted by Crippen LogP contribution is -2.25. The Morgan fingerprint density at radius 1 is 1.10 bits per heavy atom. The summed E-state index contributed by atoms with van der Waals surface area (Å²) in [5.74, 6) is 0. The van der Waals surface area contributed by atoms with Gasteiger partial charge < -0.3 is 5.32 Å². The molecule has 0 radical (unpaired) electrons. The summed E-state index contributed by atoms with van der Waals surface area (Å²) in [7, 11) is 0. The van der Waals surface area contributed by atoms with Crippen molar-refractivity contribution in [1.82, 2.24) is 20.3 Å². The van der Waals surface area contributed by atoms with E-state index in [4.69, 9.17) is 0 Å². The van der Waals surface area contributed by atoms with Crippen LogP contribution in [0, 0.1) is 0 Å². The molecule has 1 unspecified atom stereocenters. The molecule has 0 aliphatic rings. The van der Waals surface area contributed by atoms with E-state index < -0.39 is 0 Å². The van der Waals surface area contributed by atoms with Gasteiger partial charge in [-0.2, -0.15) is 0 Å². The summed E-state index contributed by atoms with van der Waals surface area (Å²) >= 11 is 0. The fourth-order valence-corrected chi connectivity index (χ4v) is 2.08. The highest BCUT2D eigenvalue weighted by Crippen LogP contribution is 2.15. The molecule has 0 fully saturated rings. The first kappa shape index (κ1) is 14.6. The normalized spacial score (nSPS) is 12.3. The van der Waals surface area contributed by atoms with Crippen molar-refractivity contribution >= 4 is 0 Å². The number of hydrogen-bond acceptors (Lipinski definition) is 4. The second kappa shape index (κ2) is 7.70. The molecule has 0 saturated carbocycles. The number of rotatable bonds is 7. The van der Waals surface area contributed by atoms with Crippen LogP contribution in [0.1, 0.15) is 43.3 Å². The Morgan fingerprint density at radius 3 is 2.60 bits per heavy atom. The van der Waals surface area contributed by atoms with Crippen LogP contribution >= 0.6 is 0 Å². The van der Waals surface area contributed by atoms with Crippen LogP contribution in [0.4, 0.5) is 0 Å². The molecule has 4 nitrogen and oxygen atoms in total. The molecule has 2 aromatic rings. The van der Waals surface area contributed by atoms with Crippen LogP contribution in [0.15, 0.2) is 36.9 Å². The van der Waals surface area contributed by atoms with Crippen LogP contribution in [0.2, 0.25) is 0 Å². The van der Waals surface area contributed by atoms with E-state index in [0.717, 1.165) is 37.2 Å². The molecule has 106 valence electrons. The zero-order valence-corrected chi connectivity index (χ0v) is 12.2. The van der Waals surface area contributed by atoms with Crippen LogP contribution in [-0.2, 0) is 12.8 Å². The van der Waals surface area contributed by atoms with Crippen molar-refractivity contribution in [2.24, 2.45) is 0 Å². The Hall–Kier alpha value is -1.81. The maximum absolute atomic E-state index is 4.53. The van der Waals surface area contributed by atoms with Crippen molar-refractivity contribution in [3.8, 4) is 0 Å². The van der Waals surface area contributed by atoms with Gasteiger partial charge in [-0.3, -0.25) is 15.0 Å². The Labute approximate surface area is 120 Å². The number of nitrogens with one attached hydrogen (secondary N) is 1. The van der Waals surface area contributed by atoms with E-state index in [1.54, 1.807) is 12.4 Å². The predicted molar refractivity (Wildman–Crippen MR) is 80.4 cm³/mol. The van der Waals surface area contributed by atoms with Crippen LogP contribution in [0.3, 0.4) is 0 Å². The molecule has 4 heteroatoms. The molecule has 0 aliphatic heterocycles. The lowest BCUT2D eigenvalue weighted by atomic mass is 10.1. The van der Waals surface area contributed by atoms with E-state index >= 15 is 0 Å². The van der Waals surface area contributed by atoms with Gasteiger partial charge in [0.25, 0.3) is 0 Å². The maximum Gasteiger partial charge on any atom is 0.0760 e. The van der Waals surface area contributed by atoms with Crippen LogP contribution in [0.5, 0.6) is 0 Å². The standard InChI is InChI=1S/C16H22N4/c1-3-7-18-15(16-12-17-8-9-19-16)10-14-6-5-13(4-2)11-20-14/h5-6,8-9,11-12,15,18H,3-4,7,10H2,1-2H3. The minimum Gasteiger partial charge on any atom is -0.308 e. The molecule has 0 saturated heterocycles. The van der Waals surface area contributed by atoms with E-state index in [9.17, 15) is 0 Å². The fraction of sp³-hybridized carbons (Fsp3) is 0.438. The van der Waals surface area contributed by atoms with Gasteiger partial charge in [-0.05, 0) is 31.0 Å². The molecule has 2 rings (SSSR count). The average molecular weight is 270 g/mol. The summed E-state index contributed by atoms with van der Waals surface area (Å²) in [6.45, 7) is 5.27. The number of aryl methyl sites for hydroxylation is 1. The van der Waals surface area contributed by atoms with E-state index in [0.29, 0.717) is 0 Å². The van der Waals surface area contributed by atoms with Crippen LogP contribution in [0.25, 0.3) is 0 Å². The third-order valence-corrected chi connectivity index (χ3v) is 3.29. The lowest BCUT2D eigenvalue weighted by molar-refractivity contribution is 0.511. The molecule has 1 atom stereocenters. The Bertz CT molecular complexity index is 496. The Balaban J connectivity index is 2.10. The quantitative estimate of drug-likeness (QED) is 0.840. The predicted octanol–water partition coefficient (Wildman–Crippen LogP) is 2.72. The third kappa shape index (κ3) is 4.10. The maximum atomic E-state index is 4.53. The molecule has 0 aromatic carbocycles. The first-order valence-corrected chi connectivity index (χ1v) is 7.26. The van der Waals surface area contributed by atoms with Crippen LogP contribution in [-0.4, -0.2) is 21.5 Å². The summed E-state index contributed by atoms with van der Waals surface area (Å²) < 4.78 is 0. The van der Waals surface area contributed by atoms with Crippen LogP contribution < -0.4 is 5.32 Å². The highest BCUT2D eigenvalue weighted by atomic mass is 14.9. The summed E-state index contributed by atoms with van der Waals surface area (Å²) in [6, 6.07) is 4.43. The van der Waals surface area contributed by atoms with Crippen molar-refractivity contribution in [3.63, 3.8) is 0 Å². The third-order valence-electron chi connectivity index (χ3n) is 3.29. The van der Waals surface area contributed by atoms with Gasteiger partial charge in [-0.15, -0.1) is 0 Å². The smallest absolute Gasteiger partial charge is 0.0760 e. The molecule has 0 spiro atoms. The number of hydrogen-bond donors (Lipinski definition) is 1. The van der Waals surface area contributed by atoms with Gasteiger partial charge in [-0.25, -0.2) is 0 Å². The zero-order chi connectivity index (χ0) is 14.2. The highest BCUT2D eigenvalue weighted by Gasteiger charge is 2.13. The van der Waals surface area contributed by atoms with Gasteiger partial charge in [0.15, 0.2) is 0 Å². The summed E-state index contributed by atoms with van der Waals surface area (Å²) in [5.41, 5.74) is 3.33. The van der Waals surface area contributed by atoms with Gasteiger partial charge in [0.1, 0.15) is 0 Å². The second-order valence-corrected chi connectivity index (χ2v) is 4.85. The van der Waals surface area contributed by atoms with E-state index in [1.807, 2.05) is 12.4 Å². The van der Waals surface area contributed by atoms with Crippen molar-refractivity contribution < 1.29 is 0 Å². The fourth-order valence-electron chi connectivity index (χ4n) is 2.08. The molecule has 2 heterocycles. The molecular formula is C16H22N4. The van der Waals surface area contributed by atoms with E-state index in [-0.39, 0.29) is 6.04 Å². The molecule has 1 N–H and O–H groups in total. The van der Waals surface area contributed by atoms with Gasteiger partial charge in [0.05, 0.1) is 11.7 Å². The summed E-state index contributed by atoms with van der Waals surface area (Å²) in [4.78, 5) is 13.1. The van der Waals surface area contributed by atoms with Crippen molar-refractivity contribution in [2.75, 3.05) is 6.54 Å². The largest absolute Gasteiger partial charge is 0.308 e. The van der Waals surface area contributed by atoms with Gasteiger partial charge in [0, 0.05) is 36.9 Å². The molecule has 20 heavy (non-hydrogen) atoms. The SMILES string of the molecule is CCCNC(Cc1ccc(CC)cn1)c1cnccn1. The van der Waals surface area contributed by atoms with E-state index in [2.05, 4.69) is 46.2 Å². The molecule has 0 aliphatic carbocycles. The second-order valence-electron chi connectivity index (χ2n) is 4.85. The number of pyridine rings is 1. The van der Waals surface area contributed by atoms with Gasteiger partial charge in [-0.1, -0.05) is 19.9 Å². The number of aromatic nitrogens is 3. The first-order valence-electron chi connectivity index (χ1n) is 7.26. The average Bonchev–Trinajstić information content (AvgIpc) is 2.53. The van der Waals surface area contributed by atoms with Crippen molar-refractivity contribution in [3.05, 3.63) is 53.9 Å². The Kier molecular flexibility index (Phi) is 5.62. The summed E-state index contributed by atoms with van der Waals surface area (Å²) in [6.07, 6.45) is 10.2. The lowest BCUT2D eigenvalue weighted by Gasteiger charge is -2.17. The Morgan fingerprint density at radius 2 is 2.00 bits per heavy atom. The number of nitrogens with zero attached hydrogens (tertiary/aromatic N) is 3. The van der Waals surface area contributed by atoms with Crippen molar-refractivity contribution in [2.45, 2.75) is 39.2 Å². The first-order chi connectivity index (χ1) is 9.83. The van der Waals surface area contributed by atoms with E-state index in [1.165, 1.54) is 5.56 Å². The van der Waals surface area contributed by atoms with Gasteiger partial charge in [0.2, 0.25) is 0 Å². The topological polar surface area (TPSA) is 50.7 Å². The molecule has 2 aromatic heterocycles. The molecule has 0 bridgehead atoms.